The van der Waals surface area contributed by atoms with Crippen molar-refractivity contribution in [2.75, 3.05) is 0 Å². The zero-order chi connectivity index (χ0) is 13.2. The van der Waals surface area contributed by atoms with E-state index in [2.05, 4.69) is 16.0 Å². The molecular formula is C12H8Cl2N3Ti-. The quantitative estimate of drug-likeness (QED) is 0.628. The van der Waals surface area contributed by atoms with Crippen molar-refractivity contribution in [2.45, 2.75) is 0 Å². The molecule has 0 radical (unpaired) electrons. The van der Waals surface area contributed by atoms with Crippen molar-refractivity contribution in [2.24, 2.45) is 4.99 Å². The summed E-state index contributed by atoms with van der Waals surface area (Å²) < 4.78 is 0. The Morgan fingerprint density at radius 3 is 2.39 bits per heavy atom. The van der Waals surface area contributed by atoms with Crippen molar-refractivity contribution in [3.8, 4) is 6.07 Å². The second kappa shape index (κ2) is 8.96. The van der Waals surface area contributed by atoms with Crippen molar-refractivity contribution >= 4 is 30.5 Å². The van der Waals surface area contributed by atoms with E-state index >= 15 is 0 Å². The van der Waals surface area contributed by atoms with Gasteiger partial charge in [-0.05, 0) is 24.3 Å². The van der Waals surface area contributed by atoms with Crippen molar-refractivity contribution in [3.05, 3.63) is 53.9 Å². The SMILES string of the molecule is N#Cc1ccc(N=Cc2ccc[n-]2)cc1.[Cl][Ti][Cl]. The van der Waals surface area contributed by atoms with Gasteiger partial charge >= 0.3 is 35.6 Å². The fourth-order valence-electron chi connectivity index (χ4n) is 1.15. The molecule has 0 spiro atoms. The summed E-state index contributed by atoms with van der Waals surface area (Å²) in [6.45, 7) is 0. The summed E-state index contributed by atoms with van der Waals surface area (Å²) in [6.07, 6.45) is 3.42. The molecule has 1 aromatic carbocycles. The average Bonchev–Trinajstić information content (AvgIpc) is 2.91. The van der Waals surface area contributed by atoms with Gasteiger partial charge in [-0.25, -0.2) is 0 Å². The first kappa shape index (κ1) is 15.0. The summed E-state index contributed by atoms with van der Waals surface area (Å²) >= 11 is -0.556. The number of hydrogen-bond donors (Lipinski definition) is 0. The Labute approximate surface area is 122 Å². The summed E-state index contributed by atoms with van der Waals surface area (Å²) in [5.74, 6) is 0. The molecule has 0 saturated heterocycles. The van der Waals surface area contributed by atoms with E-state index in [-0.39, 0.29) is 0 Å². The molecule has 0 fully saturated rings. The van der Waals surface area contributed by atoms with Gasteiger partial charge in [-0.3, -0.25) is 4.99 Å². The first-order valence-electron chi connectivity index (χ1n) is 4.88. The first-order chi connectivity index (χ1) is 8.80. The summed E-state index contributed by atoms with van der Waals surface area (Å²) in [7, 11) is 9.78. The van der Waals surface area contributed by atoms with Gasteiger partial charge in [0.25, 0.3) is 0 Å². The average molecular weight is 313 g/mol. The van der Waals surface area contributed by atoms with E-state index in [1.165, 1.54) is 0 Å². The van der Waals surface area contributed by atoms with Crippen LogP contribution in [-0.2, 0) is 17.0 Å². The molecule has 0 amide bonds. The number of nitriles is 1. The van der Waals surface area contributed by atoms with Crippen LogP contribution in [0.25, 0.3) is 0 Å². The molecule has 18 heavy (non-hydrogen) atoms. The molecule has 6 heteroatoms. The Morgan fingerprint density at radius 1 is 1.22 bits per heavy atom. The van der Waals surface area contributed by atoms with Gasteiger partial charge in [0.1, 0.15) is 0 Å². The molecule has 0 atom stereocenters. The number of aliphatic imine (C=N–C) groups is 1. The Bertz CT molecular complexity index is 515. The second-order valence-electron chi connectivity index (χ2n) is 3.05. The Morgan fingerprint density at radius 2 is 1.89 bits per heavy atom. The van der Waals surface area contributed by atoms with E-state index in [0.717, 1.165) is 11.4 Å². The molecule has 0 saturated carbocycles. The van der Waals surface area contributed by atoms with Gasteiger partial charge in [-0.1, -0.05) is 12.1 Å². The number of rotatable bonds is 2. The van der Waals surface area contributed by atoms with Crippen molar-refractivity contribution in [1.82, 2.24) is 4.98 Å². The van der Waals surface area contributed by atoms with Gasteiger partial charge < -0.3 is 4.98 Å². The van der Waals surface area contributed by atoms with Gasteiger partial charge in [-0.2, -0.15) is 11.5 Å². The molecule has 1 heterocycles. The van der Waals surface area contributed by atoms with Crippen LogP contribution in [0.2, 0.25) is 0 Å². The Kier molecular flexibility index (Phi) is 7.47. The van der Waals surface area contributed by atoms with E-state index in [4.69, 9.17) is 23.9 Å². The predicted molar refractivity (Wildman–Crippen MR) is 69.9 cm³/mol. The maximum atomic E-state index is 8.61. The van der Waals surface area contributed by atoms with Crippen LogP contribution in [0.5, 0.6) is 0 Å². The zero-order valence-electron chi connectivity index (χ0n) is 9.22. The minimum absolute atomic E-state index is 0.556. The maximum absolute atomic E-state index is 8.61. The fraction of sp³-hybridized carbons (Fsp3) is 0. The summed E-state index contributed by atoms with van der Waals surface area (Å²) in [4.78, 5) is 8.29. The number of aromatic nitrogens is 1. The molecule has 0 aliphatic rings. The number of benzene rings is 1. The van der Waals surface area contributed by atoms with Crippen LogP contribution < -0.4 is 4.98 Å². The normalized spacial score (nSPS) is 9.39. The van der Waals surface area contributed by atoms with Crippen LogP contribution in [0.3, 0.4) is 0 Å². The molecule has 2 rings (SSSR count). The van der Waals surface area contributed by atoms with Gasteiger partial charge in [0.05, 0.1) is 17.3 Å². The van der Waals surface area contributed by atoms with Crippen LogP contribution in [0.15, 0.2) is 47.6 Å². The van der Waals surface area contributed by atoms with E-state index < -0.39 is 17.0 Å². The van der Waals surface area contributed by atoms with Crippen LogP contribution >= 0.6 is 18.6 Å². The summed E-state index contributed by atoms with van der Waals surface area (Å²) in [5.41, 5.74) is 2.29. The molecule has 0 aliphatic carbocycles. The fourth-order valence-corrected chi connectivity index (χ4v) is 1.15. The standard InChI is InChI=1S/C12H8N3.2ClH.Ti/c13-8-10-3-5-11(6-4-10)15-9-12-2-1-7-14-12;;;/h1-7,9H;2*1H;/q-1;;;+2/p-2. The van der Waals surface area contributed by atoms with Crippen LogP contribution in [0, 0.1) is 11.3 Å². The topological polar surface area (TPSA) is 50.2 Å². The van der Waals surface area contributed by atoms with E-state index in [1.54, 1.807) is 36.7 Å². The number of nitrogens with zero attached hydrogens (tertiary/aromatic N) is 3. The molecule has 0 N–H and O–H groups in total. The molecule has 0 bridgehead atoms. The monoisotopic (exact) mass is 312 g/mol. The van der Waals surface area contributed by atoms with Crippen molar-refractivity contribution < 1.29 is 17.0 Å². The Hall–Kier alpha value is -1.05. The molecular weight excluding hydrogens is 305 g/mol. The molecule has 0 aliphatic heterocycles. The van der Waals surface area contributed by atoms with Gasteiger partial charge in [-0.15, -0.1) is 5.69 Å². The van der Waals surface area contributed by atoms with E-state index in [0.29, 0.717) is 5.56 Å². The van der Waals surface area contributed by atoms with E-state index in [1.807, 2.05) is 12.1 Å². The third kappa shape index (κ3) is 5.53. The third-order valence-electron chi connectivity index (χ3n) is 1.92. The molecule has 3 nitrogen and oxygen atoms in total. The zero-order valence-corrected chi connectivity index (χ0v) is 12.3. The van der Waals surface area contributed by atoms with Gasteiger partial charge in [0, 0.05) is 6.21 Å². The Balaban J connectivity index is 0.000000492. The third-order valence-corrected chi connectivity index (χ3v) is 1.92. The summed E-state index contributed by atoms with van der Waals surface area (Å²) in [6, 6.07) is 12.9. The van der Waals surface area contributed by atoms with Crippen molar-refractivity contribution in [3.63, 3.8) is 0 Å². The minimum atomic E-state index is -0.556. The van der Waals surface area contributed by atoms with Crippen LogP contribution in [0.4, 0.5) is 5.69 Å². The number of hydrogen-bond acceptors (Lipinski definition) is 2. The molecule has 0 unspecified atom stereocenters. The van der Waals surface area contributed by atoms with Gasteiger partial charge in [0.2, 0.25) is 0 Å². The predicted octanol–water partition coefficient (Wildman–Crippen LogP) is 3.64. The van der Waals surface area contributed by atoms with Crippen molar-refractivity contribution in [1.29, 1.82) is 5.26 Å². The molecule has 1 aromatic heterocycles. The first-order valence-corrected chi connectivity index (χ1v) is 9.18. The molecule has 90 valence electrons. The van der Waals surface area contributed by atoms with Crippen LogP contribution in [0.1, 0.15) is 11.3 Å². The van der Waals surface area contributed by atoms with E-state index in [9.17, 15) is 0 Å². The molecule has 2 aromatic rings. The number of halogens is 2. The second-order valence-corrected chi connectivity index (χ2v) is 5.63. The van der Waals surface area contributed by atoms with Crippen LogP contribution in [-0.4, -0.2) is 6.21 Å². The van der Waals surface area contributed by atoms with Gasteiger partial charge in [0.15, 0.2) is 0 Å². The summed E-state index contributed by atoms with van der Waals surface area (Å²) in [5, 5.41) is 8.61.